The summed E-state index contributed by atoms with van der Waals surface area (Å²) in [5.41, 5.74) is 3.88. The molecule has 0 bridgehead atoms. The molecule has 0 N–H and O–H groups in total. The molecule has 86 valence electrons. The molecule has 2 heterocycles. The first kappa shape index (κ1) is 10.5. The molecule has 3 aromatic rings. The maximum Gasteiger partial charge on any atom is 0.0988 e. The second-order valence-electron chi connectivity index (χ2n) is 3.78. The number of aromatic nitrogens is 3. The molecular formula is C14H10N4. The lowest BCUT2D eigenvalue weighted by atomic mass is 10.0. The number of nitrogens with zero attached hydrogens (tertiary/aromatic N) is 4. The van der Waals surface area contributed by atoms with Crippen LogP contribution in [0.2, 0.25) is 0 Å². The van der Waals surface area contributed by atoms with Crippen molar-refractivity contribution >= 4 is 40.4 Å². The summed E-state index contributed by atoms with van der Waals surface area (Å²) in [6.45, 7) is 7.42. The lowest BCUT2D eigenvalue weighted by Gasteiger charge is -2.08. The molecule has 0 aliphatic carbocycles. The minimum Gasteiger partial charge on any atom is -0.262 e. The zero-order valence-electron chi connectivity index (χ0n) is 9.67. The summed E-state index contributed by atoms with van der Waals surface area (Å²) in [6.07, 6.45) is 6.77. The van der Waals surface area contributed by atoms with Gasteiger partial charge < -0.3 is 0 Å². The summed E-state index contributed by atoms with van der Waals surface area (Å²) in [5, 5.41) is 0.925. The molecule has 0 saturated heterocycles. The van der Waals surface area contributed by atoms with Gasteiger partial charge in [0.2, 0.25) is 0 Å². The van der Waals surface area contributed by atoms with E-state index in [9.17, 15) is 0 Å². The maximum atomic E-state index is 4.38. The molecule has 0 spiro atoms. The van der Waals surface area contributed by atoms with Crippen LogP contribution in [0.15, 0.2) is 42.3 Å². The Bertz CT molecular complexity index is 710. The third kappa shape index (κ3) is 1.32. The van der Waals surface area contributed by atoms with E-state index in [4.69, 9.17) is 0 Å². The van der Waals surface area contributed by atoms with Gasteiger partial charge in [0.15, 0.2) is 0 Å². The highest BCUT2D eigenvalue weighted by molar-refractivity contribution is 6.12. The molecule has 2 aromatic heterocycles. The lowest BCUT2D eigenvalue weighted by Crippen LogP contribution is -1.91. The predicted octanol–water partition coefficient (Wildman–Crippen LogP) is 3.15. The van der Waals surface area contributed by atoms with Gasteiger partial charge in [-0.3, -0.25) is 19.9 Å². The first-order chi connectivity index (χ1) is 8.86. The largest absolute Gasteiger partial charge is 0.262 e. The number of pyridine rings is 1. The summed E-state index contributed by atoms with van der Waals surface area (Å²) < 4.78 is 0. The number of rotatable bonds is 2. The summed E-state index contributed by atoms with van der Waals surface area (Å²) >= 11 is 0. The van der Waals surface area contributed by atoms with Crippen LogP contribution in [-0.2, 0) is 0 Å². The normalized spacial score (nSPS) is 10.7. The van der Waals surface area contributed by atoms with Crippen molar-refractivity contribution in [2.24, 2.45) is 4.99 Å². The van der Waals surface area contributed by atoms with E-state index in [1.54, 1.807) is 24.7 Å². The zero-order valence-corrected chi connectivity index (χ0v) is 9.67. The van der Waals surface area contributed by atoms with Crippen LogP contribution in [-0.4, -0.2) is 21.7 Å². The van der Waals surface area contributed by atoms with Gasteiger partial charge in [-0.1, -0.05) is 12.7 Å². The second kappa shape index (κ2) is 4.00. The van der Waals surface area contributed by atoms with E-state index in [1.807, 2.05) is 12.1 Å². The molecule has 4 nitrogen and oxygen atoms in total. The average Bonchev–Trinajstić information content (AvgIpc) is 2.45. The van der Waals surface area contributed by atoms with Crippen molar-refractivity contribution in [3.05, 3.63) is 42.9 Å². The smallest absolute Gasteiger partial charge is 0.0988 e. The molecule has 1 aromatic carbocycles. The molecule has 0 atom stereocenters. The van der Waals surface area contributed by atoms with E-state index < -0.39 is 0 Å². The predicted molar refractivity (Wildman–Crippen MR) is 74.1 cm³/mol. The van der Waals surface area contributed by atoms with Gasteiger partial charge in [-0.25, -0.2) is 0 Å². The van der Waals surface area contributed by atoms with Gasteiger partial charge in [0.05, 0.1) is 22.2 Å². The van der Waals surface area contributed by atoms with Crippen LogP contribution < -0.4 is 0 Å². The van der Waals surface area contributed by atoms with Crippen LogP contribution in [0, 0.1) is 0 Å². The molecule has 18 heavy (non-hydrogen) atoms. The molecule has 0 saturated carbocycles. The van der Waals surface area contributed by atoms with Crippen molar-refractivity contribution < 1.29 is 0 Å². The Morgan fingerprint density at radius 3 is 2.44 bits per heavy atom. The van der Waals surface area contributed by atoms with E-state index >= 15 is 0 Å². The summed E-state index contributed by atoms with van der Waals surface area (Å²) in [4.78, 5) is 17.2. The fraction of sp³-hybridized carbons (Fsp3) is 0. The van der Waals surface area contributed by atoms with Crippen molar-refractivity contribution in [3.8, 4) is 0 Å². The number of aliphatic imine (C=N–C) groups is 1. The van der Waals surface area contributed by atoms with E-state index in [1.165, 1.54) is 0 Å². The van der Waals surface area contributed by atoms with Gasteiger partial charge >= 0.3 is 0 Å². The van der Waals surface area contributed by atoms with Gasteiger partial charge in [-0.15, -0.1) is 0 Å². The molecule has 0 unspecified atom stereocenters. The quantitative estimate of drug-likeness (QED) is 0.505. The Morgan fingerprint density at radius 1 is 1.00 bits per heavy atom. The molecule has 3 rings (SSSR count). The minimum atomic E-state index is 0.702. The van der Waals surface area contributed by atoms with Crippen molar-refractivity contribution in [1.82, 2.24) is 15.0 Å². The highest BCUT2D eigenvalue weighted by atomic mass is 14.8. The van der Waals surface area contributed by atoms with E-state index in [2.05, 4.69) is 33.2 Å². The highest BCUT2D eigenvalue weighted by Gasteiger charge is 2.13. The molecule has 0 fully saturated rings. The van der Waals surface area contributed by atoms with Crippen molar-refractivity contribution in [3.63, 3.8) is 0 Å². The van der Waals surface area contributed by atoms with E-state index in [-0.39, 0.29) is 0 Å². The Hall–Kier alpha value is -2.62. The Morgan fingerprint density at radius 2 is 1.72 bits per heavy atom. The average molecular weight is 234 g/mol. The number of benzene rings is 1. The van der Waals surface area contributed by atoms with Crippen LogP contribution in [0.25, 0.3) is 28.0 Å². The first-order valence-corrected chi connectivity index (χ1v) is 5.47. The van der Waals surface area contributed by atoms with E-state index in [0.29, 0.717) is 5.69 Å². The van der Waals surface area contributed by atoms with Gasteiger partial charge in [-0.05, 0) is 18.9 Å². The fourth-order valence-electron chi connectivity index (χ4n) is 2.11. The van der Waals surface area contributed by atoms with Gasteiger partial charge in [0.25, 0.3) is 0 Å². The zero-order chi connectivity index (χ0) is 12.5. The van der Waals surface area contributed by atoms with Crippen molar-refractivity contribution in [2.45, 2.75) is 0 Å². The molecule has 4 heteroatoms. The number of hydrogen-bond acceptors (Lipinski definition) is 4. The third-order valence-corrected chi connectivity index (χ3v) is 2.86. The minimum absolute atomic E-state index is 0.702. The van der Waals surface area contributed by atoms with Crippen LogP contribution in [0.1, 0.15) is 5.56 Å². The molecule has 0 aliphatic heterocycles. The SMILES string of the molecule is C=Cc1c(N=C)c2ncccc2c2nccnc12. The third-order valence-electron chi connectivity index (χ3n) is 2.86. The van der Waals surface area contributed by atoms with Crippen molar-refractivity contribution in [1.29, 1.82) is 0 Å². The Kier molecular flexibility index (Phi) is 2.34. The standard InChI is InChI=1S/C14H10N4/c1-3-9-11(15-2)13-10(5-4-6-16-13)14-12(9)17-7-8-18-14/h3-8H,1-2H2. The van der Waals surface area contributed by atoms with Gasteiger partial charge in [0.1, 0.15) is 0 Å². The lowest BCUT2D eigenvalue weighted by molar-refractivity contribution is 1.29. The Labute approximate surface area is 104 Å². The molecule has 0 amide bonds. The van der Waals surface area contributed by atoms with Crippen LogP contribution in [0.3, 0.4) is 0 Å². The monoisotopic (exact) mass is 234 g/mol. The van der Waals surface area contributed by atoms with Crippen molar-refractivity contribution in [2.75, 3.05) is 0 Å². The highest BCUT2D eigenvalue weighted by Crippen LogP contribution is 2.35. The second-order valence-corrected chi connectivity index (χ2v) is 3.78. The molecule has 0 aliphatic rings. The summed E-state index contributed by atoms with van der Waals surface area (Å²) in [5.74, 6) is 0. The van der Waals surface area contributed by atoms with Gasteiger partial charge in [0, 0.05) is 29.5 Å². The topological polar surface area (TPSA) is 51.0 Å². The molecule has 0 radical (unpaired) electrons. The number of fused-ring (bicyclic) bond motifs is 3. The summed E-state index contributed by atoms with van der Waals surface area (Å²) in [7, 11) is 0. The Balaban J connectivity index is 2.70. The van der Waals surface area contributed by atoms with E-state index in [0.717, 1.165) is 27.5 Å². The number of hydrogen-bond donors (Lipinski definition) is 0. The van der Waals surface area contributed by atoms with Crippen LogP contribution >= 0.6 is 0 Å². The maximum absolute atomic E-state index is 4.38. The van der Waals surface area contributed by atoms with Gasteiger partial charge in [-0.2, -0.15) is 0 Å². The van der Waals surface area contributed by atoms with Crippen LogP contribution in [0.4, 0.5) is 5.69 Å². The fourth-order valence-corrected chi connectivity index (χ4v) is 2.11. The first-order valence-electron chi connectivity index (χ1n) is 5.47. The summed E-state index contributed by atoms with van der Waals surface area (Å²) in [6, 6.07) is 3.83. The van der Waals surface area contributed by atoms with Crippen LogP contribution in [0.5, 0.6) is 0 Å². The molecular weight excluding hydrogens is 224 g/mol.